The highest BCUT2D eigenvalue weighted by atomic mass is 16.5. The molecule has 0 aliphatic heterocycles. The van der Waals surface area contributed by atoms with Crippen LogP contribution in [-0.4, -0.2) is 19.0 Å². The van der Waals surface area contributed by atoms with Gasteiger partial charge in [0.1, 0.15) is 18.1 Å². The summed E-state index contributed by atoms with van der Waals surface area (Å²) in [5, 5.41) is 0. The maximum atomic E-state index is 12.7. The van der Waals surface area contributed by atoms with Crippen molar-refractivity contribution in [1.82, 2.24) is 0 Å². The van der Waals surface area contributed by atoms with E-state index in [1.807, 2.05) is 18.2 Å². The molecule has 1 saturated carbocycles. The van der Waals surface area contributed by atoms with Crippen molar-refractivity contribution in [3.63, 3.8) is 0 Å². The van der Waals surface area contributed by atoms with Gasteiger partial charge in [-0.3, -0.25) is 4.79 Å². The Morgan fingerprint density at radius 1 is 1.07 bits per heavy atom. The number of fused-ring (bicyclic) bond motifs is 5. The summed E-state index contributed by atoms with van der Waals surface area (Å²) in [5.74, 6) is 2.15. The van der Waals surface area contributed by atoms with Crippen molar-refractivity contribution in [2.24, 2.45) is 17.3 Å². The van der Waals surface area contributed by atoms with Gasteiger partial charge in [0.2, 0.25) is 0 Å². The van der Waals surface area contributed by atoms with Crippen LogP contribution in [-0.2, 0) is 22.6 Å². The SMILES string of the molecule is CO[C@H]1C=C2c3ccc(OCc4ccccc4)cc3CC[C@H]2[C@@H]2CCC(=O)[C@@]12C. The van der Waals surface area contributed by atoms with Crippen LogP contribution in [0.25, 0.3) is 5.57 Å². The average Bonchev–Trinajstić information content (AvgIpc) is 3.07. The summed E-state index contributed by atoms with van der Waals surface area (Å²) in [6, 6.07) is 16.8. The van der Waals surface area contributed by atoms with E-state index in [1.54, 1.807) is 7.11 Å². The lowest BCUT2D eigenvalue weighted by Crippen LogP contribution is -2.48. The van der Waals surface area contributed by atoms with Crippen LogP contribution >= 0.6 is 0 Å². The second-order valence-electron chi connectivity index (χ2n) is 8.87. The minimum atomic E-state index is -0.362. The van der Waals surface area contributed by atoms with E-state index < -0.39 is 0 Å². The minimum absolute atomic E-state index is 0.131. The van der Waals surface area contributed by atoms with Gasteiger partial charge in [-0.15, -0.1) is 0 Å². The maximum Gasteiger partial charge on any atom is 0.141 e. The number of carbonyl (C=O) groups excluding carboxylic acids is 1. The Morgan fingerprint density at radius 3 is 2.69 bits per heavy atom. The Hall–Kier alpha value is -2.39. The van der Waals surface area contributed by atoms with Gasteiger partial charge in [-0.25, -0.2) is 0 Å². The largest absolute Gasteiger partial charge is 0.489 e. The first-order chi connectivity index (χ1) is 14.1. The molecule has 0 heterocycles. The number of hydrogen-bond donors (Lipinski definition) is 0. The monoisotopic (exact) mass is 388 g/mol. The summed E-state index contributed by atoms with van der Waals surface area (Å²) in [5.41, 5.74) is 4.86. The molecule has 2 aromatic rings. The molecule has 0 N–H and O–H groups in total. The normalized spacial score (nSPS) is 30.2. The second-order valence-corrected chi connectivity index (χ2v) is 8.87. The number of methoxy groups -OCH3 is 1. The molecule has 3 aliphatic carbocycles. The van der Waals surface area contributed by atoms with Crippen molar-refractivity contribution in [1.29, 1.82) is 0 Å². The number of allylic oxidation sites excluding steroid dienone is 1. The highest BCUT2D eigenvalue weighted by Gasteiger charge is 2.57. The molecular weight excluding hydrogens is 360 g/mol. The molecule has 0 bridgehead atoms. The topological polar surface area (TPSA) is 35.5 Å². The van der Waals surface area contributed by atoms with Crippen LogP contribution in [0.4, 0.5) is 0 Å². The van der Waals surface area contributed by atoms with E-state index in [0.717, 1.165) is 25.0 Å². The first kappa shape index (κ1) is 18.6. The molecule has 0 unspecified atom stereocenters. The Balaban J connectivity index is 1.44. The summed E-state index contributed by atoms with van der Waals surface area (Å²) in [4.78, 5) is 12.7. The number of aryl methyl sites for hydroxylation is 1. The first-order valence-corrected chi connectivity index (χ1v) is 10.7. The summed E-state index contributed by atoms with van der Waals surface area (Å²) in [6.07, 6.45) is 5.94. The number of carbonyl (C=O) groups is 1. The van der Waals surface area contributed by atoms with Crippen LogP contribution in [0.5, 0.6) is 5.75 Å². The lowest BCUT2D eigenvalue weighted by molar-refractivity contribution is -0.134. The minimum Gasteiger partial charge on any atom is -0.489 e. The highest BCUT2D eigenvalue weighted by Crippen LogP contribution is 2.57. The third-order valence-electron chi connectivity index (χ3n) is 7.48. The average molecular weight is 389 g/mol. The molecule has 3 nitrogen and oxygen atoms in total. The molecule has 5 rings (SSSR count). The van der Waals surface area contributed by atoms with Crippen molar-refractivity contribution in [3.05, 3.63) is 71.3 Å². The van der Waals surface area contributed by atoms with Crippen molar-refractivity contribution >= 4 is 11.4 Å². The van der Waals surface area contributed by atoms with Gasteiger partial charge in [-0.2, -0.15) is 0 Å². The van der Waals surface area contributed by atoms with E-state index >= 15 is 0 Å². The molecule has 0 spiro atoms. The Kier molecular flexibility index (Phi) is 4.59. The van der Waals surface area contributed by atoms with E-state index in [-0.39, 0.29) is 11.5 Å². The Morgan fingerprint density at radius 2 is 1.90 bits per heavy atom. The fourth-order valence-electron chi connectivity index (χ4n) is 5.89. The van der Waals surface area contributed by atoms with Crippen LogP contribution in [0.15, 0.2) is 54.6 Å². The number of rotatable bonds is 4. The zero-order chi connectivity index (χ0) is 20.0. The van der Waals surface area contributed by atoms with Crippen LogP contribution in [0, 0.1) is 17.3 Å². The standard InChI is InChI=1S/C26H28O3/c1-26-23(12-13-24(26)27)21-10-8-18-14-19(29-16-17-6-4-3-5-7-17)9-11-20(18)22(21)15-25(26)28-2/h3-7,9,11,14-15,21,23,25H,8,10,12-13,16H2,1-2H3/t21-,23+,25+,26+/m1/s1. The molecule has 2 aromatic carbocycles. The zero-order valence-corrected chi connectivity index (χ0v) is 17.2. The van der Waals surface area contributed by atoms with Gasteiger partial charge < -0.3 is 9.47 Å². The lowest BCUT2D eigenvalue weighted by Gasteiger charge is -2.47. The molecular formula is C26H28O3. The predicted molar refractivity (Wildman–Crippen MR) is 114 cm³/mol. The molecule has 0 radical (unpaired) electrons. The molecule has 0 aromatic heterocycles. The van der Waals surface area contributed by atoms with Gasteiger partial charge in [-0.05, 0) is 72.4 Å². The van der Waals surface area contributed by atoms with Crippen molar-refractivity contribution in [2.75, 3.05) is 7.11 Å². The number of hydrogen-bond acceptors (Lipinski definition) is 3. The summed E-state index contributed by atoms with van der Waals surface area (Å²) >= 11 is 0. The van der Waals surface area contributed by atoms with E-state index in [0.29, 0.717) is 30.6 Å². The van der Waals surface area contributed by atoms with Crippen molar-refractivity contribution in [2.45, 2.75) is 45.3 Å². The second kappa shape index (κ2) is 7.14. The third-order valence-corrected chi connectivity index (χ3v) is 7.48. The van der Waals surface area contributed by atoms with Crippen LogP contribution in [0.2, 0.25) is 0 Å². The maximum absolute atomic E-state index is 12.7. The van der Waals surface area contributed by atoms with Crippen LogP contribution in [0.1, 0.15) is 42.9 Å². The molecule has 150 valence electrons. The third kappa shape index (κ3) is 2.95. The van der Waals surface area contributed by atoms with Gasteiger partial charge in [0.25, 0.3) is 0 Å². The molecule has 1 fully saturated rings. The van der Waals surface area contributed by atoms with E-state index in [2.05, 4.69) is 43.3 Å². The zero-order valence-electron chi connectivity index (χ0n) is 17.2. The van der Waals surface area contributed by atoms with Gasteiger partial charge in [0, 0.05) is 13.5 Å². The van der Waals surface area contributed by atoms with Gasteiger partial charge >= 0.3 is 0 Å². The Labute approximate surface area is 172 Å². The van der Waals surface area contributed by atoms with Gasteiger partial charge in [-0.1, -0.05) is 42.5 Å². The van der Waals surface area contributed by atoms with E-state index in [9.17, 15) is 4.79 Å². The number of benzene rings is 2. The van der Waals surface area contributed by atoms with Crippen molar-refractivity contribution in [3.8, 4) is 5.75 Å². The molecule has 4 atom stereocenters. The molecule has 0 saturated heterocycles. The van der Waals surface area contributed by atoms with Crippen LogP contribution < -0.4 is 4.74 Å². The van der Waals surface area contributed by atoms with Gasteiger partial charge in [0.05, 0.1) is 11.5 Å². The van der Waals surface area contributed by atoms with Crippen molar-refractivity contribution < 1.29 is 14.3 Å². The smallest absolute Gasteiger partial charge is 0.141 e. The highest BCUT2D eigenvalue weighted by molar-refractivity contribution is 5.90. The number of Topliss-reactive ketones (excluding diaryl/α,β-unsaturated/α-hetero) is 1. The lowest BCUT2D eigenvalue weighted by atomic mass is 9.59. The summed E-state index contributed by atoms with van der Waals surface area (Å²) < 4.78 is 11.9. The van der Waals surface area contributed by atoms with Gasteiger partial charge in [0.15, 0.2) is 0 Å². The van der Waals surface area contributed by atoms with Crippen LogP contribution in [0.3, 0.4) is 0 Å². The predicted octanol–water partition coefficient (Wildman–Crippen LogP) is 5.23. The quantitative estimate of drug-likeness (QED) is 0.720. The summed E-state index contributed by atoms with van der Waals surface area (Å²) in [7, 11) is 1.74. The molecule has 0 amide bonds. The molecule has 29 heavy (non-hydrogen) atoms. The Bertz CT molecular complexity index is 961. The fourth-order valence-corrected chi connectivity index (χ4v) is 5.89. The fraction of sp³-hybridized carbons (Fsp3) is 0.423. The van der Waals surface area contributed by atoms with E-state index in [1.165, 1.54) is 22.3 Å². The number of ether oxygens (including phenoxy) is 2. The molecule has 3 aliphatic rings. The molecule has 3 heteroatoms. The number of ketones is 1. The first-order valence-electron chi connectivity index (χ1n) is 10.7. The van der Waals surface area contributed by atoms with E-state index in [4.69, 9.17) is 9.47 Å². The summed E-state index contributed by atoms with van der Waals surface area (Å²) in [6.45, 7) is 2.71.